The lowest BCUT2D eigenvalue weighted by Crippen LogP contribution is -2.18. The number of rotatable bonds is 4. The topological polar surface area (TPSA) is 12.4 Å². The van der Waals surface area contributed by atoms with Gasteiger partial charge in [0, 0.05) is 5.25 Å². The van der Waals surface area contributed by atoms with Crippen molar-refractivity contribution >= 4 is 16.8 Å². The molecule has 0 aromatic heterocycles. The van der Waals surface area contributed by atoms with Gasteiger partial charge in [-0.25, -0.2) is 0 Å². The number of hydrogen-bond acceptors (Lipinski definition) is 2. The van der Waals surface area contributed by atoms with Crippen LogP contribution in [0, 0.1) is 5.92 Å². The molecule has 1 heterocycles. The predicted molar refractivity (Wildman–Crippen MR) is 62.6 cm³/mol. The van der Waals surface area contributed by atoms with E-state index in [1.165, 1.54) is 17.9 Å². The van der Waals surface area contributed by atoms with Crippen molar-refractivity contribution in [1.29, 1.82) is 0 Å². The van der Waals surface area contributed by atoms with Gasteiger partial charge < -0.3 is 0 Å². The second-order valence-electron chi connectivity index (χ2n) is 4.14. The number of hydrogen-bond donors (Lipinski definition) is 0. The van der Waals surface area contributed by atoms with Crippen molar-refractivity contribution < 1.29 is 0 Å². The van der Waals surface area contributed by atoms with E-state index in [2.05, 4.69) is 27.7 Å². The molecule has 1 rings (SSSR count). The Bertz CT molecular complexity index is 187. The summed E-state index contributed by atoms with van der Waals surface area (Å²) in [5.41, 5.74) is 0. The van der Waals surface area contributed by atoms with Gasteiger partial charge in [0.05, 0.1) is 11.1 Å². The minimum Gasteiger partial charge on any atom is -0.278 e. The molecule has 2 heteroatoms. The van der Waals surface area contributed by atoms with Crippen LogP contribution in [0.3, 0.4) is 0 Å². The molecule has 0 aromatic rings. The van der Waals surface area contributed by atoms with Gasteiger partial charge in [0.25, 0.3) is 0 Å². The standard InChI is InChI=1S/C11H21NS/c1-5-9-10(7-8(3)4)13-11(6-2)12-9/h8-10H,5-7H2,1-4H3. The van der Waals surface area contributed by atoms with Crippen molar-refractivity contribution in [3.63, 3.8) is 0 Å². The van der Waals surface area contributed by atoms with Crippen molar-refractivity contribution in [2.45, 2.75) is 58.2 Å². The van der Waals surface area contributed by atoms with Gasteiger partial charge >= 0.3 is 0 Å². The Balaban J connectivity index is 2.50. The maximum atomic E-state index is 4.74. The molecule has 1 aliphatic rings. The van der Waals surface area contributed by atoms with E-state index in [-0.39, 0.29) is 0 Å². The summed E-state index contributed by atoms with van der Waals surface area (Å²) in [5, 5.41) is 2.14. The van der Waals surface area contributed by atoms with Gasteiger partial charge in [-0.05, 0) is 25.2 Å². The zero-order valence-electron chi connectivity index (χ0n) is 9.21. The summed E-state index contributed by atoms with van der Waals surface area (Å²) in [6.07, 6.45) is 3.64. The molecule has 0 radical (unpaired) electrons. The molecule has 0 amide bonds. The van der Waals surface area contributed by atoms with E-state index in [9.17, 15) is 0 Å². The molecule has 0 aromatic carbocycles. The first-order chi connectivity index (χ1) is 6.17. The Morgan fingerprint density at radius 1 is 1.38 bits per heavy atom. The fourth-order valence-electron chi connectivity index (χ4n) is 1.75. The molecule has 13 heavy (non-hydrogen) atoms. The zero-order chi connectivity index (χ0) is 9.84. The van der Waals surface area contributed by atoms with E-state index in [1.807, 2.05) is 11.8 Å². The molecule has 1 aliphatic heterocycles. The molecular weight excluding hydrogens is 178 g/mol. The third kappa shape index (κ3) is 3.01. The molecule has 0 saturated heterocycles. The minimum atomic E-state index is 0.599. The third-order valence-electron chi connectivity index (χ3n) is 2.45. The second-order valence-corrected chi connectivity index (χ2v) is 5.45. The normalized spacial score (nSPS) is 28.2. The van der Waals surface area contributed by atoms with Crippen molar-refractivity contribution in [3.05, 3.63) is 0 Å². The van der Waals surface area contributed by atoms with E-state index >= 15 is 0 Å². The maximum absolute atomic E-state index is 4.74. The fourth-order valence-corrected chi connectivity index (χ4v) is 3.35. The van der Waals surface area contributed by atoms with Crippen LogP contribution in [0.2, 0.25) is 0 Å². The molecule has 0 fully saturated rings. The van der Waals surface area contributed by atoms with Crippen LogP contribution in [0.5, 0.6) is 0 Å². The second kappa shape index (κ2) is 5.04. The Labute approximate surface area is 86.4 Å². The first-order valence-corrected chi connectivity index (χ1v) is 6.28. The molecule has 0 spiro atoms. The van der Waals surface area contributed by atoms with E-state index in [1.54, 1.807) is 0 Å². The highest BCUT2D eigenvalue weighted by Crippen LogP contribution is 2.34. The Morgan fingerprint density at radius 2 is 2.08 bits per heavy atom. The summed E-state index contributed by atoms with van der Waals surface area (Å²) >= 11 is 2.02. The summed E-state index contributed by atoms with van der Waals surface area (Å²) in [5.74, 6) is 0.804. The van der Waals surface area contributed by atoms with E-state index in [4.69, 9.17) is 4.99 Å². The predicted octanol–water partition coefficient (Wildman–Crippen LogP) is 3.74. The van der Waals surface area contributed by atoms with Crippen LogP contribution in [0.25, 0.3) is 0 Å². The largest absolute Gasteiger partial charge is 0.278 e. The smallest absolute Gasteiger partial charge is 0.0680 e. The van der Waals surface area contributed by atoms with E-state index in [0.717, 1.165) is 17.6 Å². The van der Waals surface area contributed by atoms with E-state index in [0.29, 0.717) is 6.04 Å². The van der Waals surface area contributed by atoms with Crippen LogP contribution >= 0.6 is 11.8 Å². The molecule has 0 saturated carbocycles. The first kappa shape index (κ1) is 11.1. The molecule has 0 aliphatic carbocycles. The summed E-state index contributed by atoms with van der Waals surface area (Å²) in [7, 11) is 0. The highest BCUT2D eigenvalue weighted by Gasteiger charge is 2.28. The van der Waals surface area contributed by atoms with Gasteiger partial charge in [0.1, 0.15) is 0 Å². The highest BCUT2D eigenvalue weighted by atomic mass is 32.2. The lowest BCUT2D eigenvalue weighted by molar-refractivity contribution is 0.509. The Hall–Kier alpha value is 0.0200. The van der Waals surface area contributed by atoms with Crippen LogP contribution in [0.4, 0.5) is 0 Å². The van der Waals surface area contributed by atoms with E-state index < -0.39 is 0 Å². The Kier molecular flexibility index (Phi) is 4.30. The highest BCUT2D eigenvalue weighted by molar-refractivity contribution is 8.14. The molecule has 1 nitrogen and oxygen atoms in total. The van der Waals surface area contributed by atoms with Crippen LogP contribution < -0.4 is 0 Å². The zero-order valence-corrected chi connectivity index (χ0v) is 10.0. The average molecular weight is 199 g/mol. The number of nitrogens with zero attached hydrogens (tertiary/aromatic N) is 1. The molecule has 0 N–H and O–H groups in total. The Morgan fingerprint density at radius 3 is 2.54 bits per heavy atom. The summed E-state index contributed by atoms with van der Waals surface area (Å²) in [6, 6.07) is 0.599. The SMILES string of the molecule is CCC1=NC(CC)C(CC(C)C)S1. The summed E-state index contributed by atoms with van der Waals surface area (Å²) in [6.45, 7) is 9.06. The molecule has 0 bridgehead atoms. The fraction of sp³-hybridized carbons (Fsp3) is 0.909. The monoisotopic (exact) mass is 199 g/mol. The van der Waals surface area contributed by atoms with Gasteiger partial charge in [-0.1, -0.05) is 27.7 Å². The maximum Gasteiger partial charge on any atom is 0.0680 e. The van der Waals surface area contributed by atoms with Gasteiger partial charge in [-0.2, -0.15) is 0 Å². The quantitative estimate of drug-likeness (QED) is 0.672. The van der Waals surface area contributed by atoms with Crippen molar-refractivity contribution in [1.82, 2.24) is 0 Å². The molecule has 2 atom stereocenters. The number of aliphatic imine (C=N–C) groups is 1. The minimum absolute atomic E-state index is 0.599. The third-order valence-corrected chi connectivity index (χ3v) is 3.93. The van der Waals surface area contributed by atoms with Crippen LogP contribution in [-0.4, -0.2) is 16.3 Å². The first-order valence-electron chi connectivity index (χ1n) is 5.40. The van der Waals surface area contributed by atoms with Crippen LogP contribution in [0.1, 0.15) is 47.0 Å². The lowest BCUT2D eigenvalue weighted by atomic mass is 10.0. The van der Waals surface area contributed by atoms with Crippen molar-refractivity contribution in [2.75, 3.05) is 0 Å². The molecular formula is C11H21NS. The summed E-state index contributed by atoms with van der Waals surface area (Å²) < 4.78 is 0. The lowest BCUT2D eigenvalue weighted by Gasteiger charge is -2.17. The van der Waals surface area contributed by atoms with Gasteiger partial charge in [0.15, 0.2) is 0 Å². The summed E-state index contributed by atoms with van der Waals surface area (Å²) in [4.78, 5) is 4.74. The molecule has 2 unspecified atom stereocenters. The van der Waals surface area contributed by atoms with Crippen LogP contribution in [-0.2, 0) is 0 Å². The number of thioether (sulfide) groups is 1. The van der Waals surface area contributed by atoms with Crippen molar-refractivity contribution in [2.24, 2.45) is 10.9 Å². The van der Waals surface area contributed by atoms with Gasteiger partial charge in [-0.15, -0.1) is 11.8 Å². The molecule has 76 valence electrons. The van der Waals surface area contributed by atoms with Gasteiger partial charge in [-0.3, -0.25) is 4.99 Å². The van der Waals surface area contributed by atoms with Gasteiger partial charge in [0.2, 0.25) is 0 Å². The van der Waals surface area contributed by atoms with Crippen molar-refractivity contribution in [3.8, 4) is 0 Å². The average Bonchev–Trinajstić information content (AvgIpc) is 2.46. The van der Waals surface area contributed by atoms with Crippen LogP contribution in [0.15, 0.2) is 4.99 Å².